The minimum Gasteiger partial charge on any atom is -0.491 e. The summed E-state index contributed by atoms with van der Waals surface area (Å²) >= 11 is 6.30. The maximum Gasteiger partial charge on any atom is 0.407 e. The van der Waals surface area contributed by atoms with Crippen LogP contribution in [0, 0.1) is 19.7 Å². The number of carbonyl (C=O) groups is 2. The molecule has 3 heterocycles. The lowest BCUT2D eigenvalue weighted by Gasteiger charge is -2.20. The molecule has 0 fully saturated rings. The van der Waals surface area contributed by atoms with Crippen LogP contribution in [0.3, 0.4) is 0 Å². The molecule has 4 rings (SSSR count). The first-order valence-electron chi connectivity index (χ1n) is 11.2. The standard InChI is InChI=1S/C24H27ClFN5O4/c1-13-20(25)14(2)31-21(28-13)17-11-30(12-18(17)29-31)22(32)16-7-6-15(26)10-19(16)34-9-8-27-23(33)35-24(3,4)5/h6-7,10H,8-9,11-12H2,1-5H3,(H,27,33). The summed E-state index contributed by atoms with van der Waals surface area (Å²) in [6.45, 7) is 9.71. The lowest BCUT2D eigenvalue weighted by Crippen LogP contribution is -2.34. The Morgan fingerprint density at radius 3 is 2.69 bits per heavy atom. The Balaban J connectivity index is 1.46. The van der Waals surface area contributed by atoms with Gasteiger partial charge in [-0.15, -0.1) is 0 Å². The van der Waals surface area contributed by atoms with Gasteiger partial charge < -0.3 is 19.7 Å². The van der Waals surface area contributed by atoms with E-state index in [1.807, 2.05) is 13.8 Å². The fourth-order valence-electron chi connectivity index (χ4n) is 3.85. The molecular formula is C24H27ClFN5O4. The van der Waals surface area contributed by atoms with E-state index in [-0.39, 0.29) is 36.9 Å². The van der Waals surface area contributed by atoms with E-state index < -0.39 is 17.5 Å². The molecule has 1 aliphatic rings. The molecule has 0 bridgehead atoms. The zero-order valence-electron chi connectivity index (χ0n) is 20.2. The molecule has 186 valence electrons. The normalized spacial score (nSPS) is 13.2. The number of aromatic nitrogens is 3. The van der Waals surface area contributed by atoms with Crippen molar-refractivity contribution >= 4 is 29.2 Å². The molecule has 9 nitrogen and oxygen atoms in total. The number of nitrogens with one attached hydrogen (secondary N) is 1. The highest BCUT2D eigenvalue weighted by Gasteiger charge is 2.31. The number of carbonyl (C=O) groups excluding carboxylic acids is 2. The summed E-state index contributed by atoms with van der Waals surface area (Å²) in [5.74, 6) is -0.763. The first kappa shape index (κ1) is 24.7. The van der Waals surface area contributed by atoms with Crippen molar-refractivity contribution in [2.24, 2.45) is 0 Å². The van der Waals surface area contributed by atoms with Crippen molar-refractivity contribution in [3.05, 3.63) is 57.2 Å². The van der Waals surface area contributed by atoms with Crippen molar-refractivity contribution in [2.45, 2.75) is 53.3 Å². The molecule has 0 radical (unpaired) electrons. The average molecular weight is 504 g/mol. The fraction of sp³-hybridized carbons (Fsp3) is 0.417. The van der Waals surface area contributed by atoms with E-state index >= 15 is 0 Å². The largest absolute Gasteiger partial charge is 0.491 e. The Kier molecular flexibility index (Phi) is 6.59. The van der Waals surface area contributed by atoms with E-state index in [1.165, 1.54) is 12.1 Å². The van der Waals surface area contributed by atoms with Gasteiger partial charge in [-0.2, -0.15) is 5.10 Å². The van der Waals surface area contributed by atoms with E-state index in [0.29, 0.717) is 22.9 Å². The molecule has 1 N–H and O–H groups in total. The molecule has 35 heavy (non-hydrogen) atoms. The highest BCUT2D eigenvalue weighted by Crippen LogP contribution is 2.31. The third kappa shape index (κ3) is 5.17. The average Bonchev–Trinajstić information content (AvgIpc) is 3.33. The van der Waals surface area contributed by atoms with Gasteiger partial charge in [0.05, 0.1) is 47.3 Å². The number of nitrogens with zero attached hydrogens (tertiary/aromatic N) is 4. The molecule has 11 heteroatoms. The second kappa shape index (κ2) is 9.33. The lowest BCUT2D eigenvalue weighted by molar-refractivity contribution is 0.0519. The number of ether oxygens (including phenoxy) is 2. The van der Waals surface area contributed by atoms with Gasteiger partial charge in [0, 0.05) is 11.6 Å². The molecule has 0 saturated carbocycles. The highest BCUT2D eigenvalue weighted by atomic mass is 35.5. The number of aryl methyl sites for hydroxylation is 2. The molecule has 0 aliphatic carbocycles. The summed E-state index contributed by atoms with van der Waals surface area (Å²) in [5.41, 5.74) is 3.33. The molecule has 2 aromatic heterocycles. The summed E-state index contributed by atoms with van der Waals surface area (Å²) < 4.78 is 26.4. The zero-order valence-corrected chi connectivity index (χ0v) is 21.0. The van der Waals surface area contributed by atoms with Gasteiger partial charge in [-0.1, -0.05) is 11.6 Å². The molecule has 0 unspecified atom stereocenters. The van der Waals surface area contributed by atoms with Gasteiger partial charge in [-0.05, 0) is 46.8 Å². The minimum atomic E-state index is -0.623. The third-order valence-electron chi connectivity index (χ3n) is 5.44. The van der Waals surface area contributed by atoms with Crippen LogP contribution < -0.4 is 10.1 Å². The molecule has 0 atom stereocenters. The van der Waals surface area contributed by atoms with Crippen molar-refractivity contribution in [3.63, 3.8) is 0 Å². The number of halogens is 2. The summed E-state index contributed by atoms with van der Waals surface area (Å²) in [6, 6.07) is 3.76. The Morgan fingerprint density at radius 1 is 1.23 bits per heavy atom. The number of amides is 2. The molecule has 1 aromatic carbocycles. The van der Waals surface area contributed by atoms with Crippen molar-refractivity contribution in [3.8, 4) is 5.75 Å². The maximum absolute atomic E-state index is 13.9. The van der Waals surface area contributed by atoms with Crippen LogP contribution in [0.1, 0.15) is 53.8 Å². The van der Waals surface area contributed by atoms with Gasteiger partial charge in [-0.25, -0.2) is 18.7 Å². The third-order valence-corrected chi connectivity index (χ3v) is 5.99. The molecular weight excluding hydrogens is 477 g/mol. The summed E-state index contributed by atoms with van der Waals surface area (Å²) in [4.78, 5) is 31.3. The Labute approximate surface area is 207 Å². The monoisotopic (exact) mass is 503 g/mol. The van der Waals surface area contributed by atoms with E-state index in [0.717, 1.165) is 23.0 Å². The number of benzene rings is 1. The fourth-order valence-corrected chi connectivity index (χ4v) is 3.97. The Morgan fingerprint density at radius 2 is 1.97 bits per heavy atom. The summed E-state index contributed by atoms with van der Waals surface area (Å²) in [7, 11) is 0. The van der Waals surface area contributed by atoms with Crippen molar-refractivity contribution in [1.82, 2.24) is 24.8 Å². The second-order valence-corrected chi connectivity index (χ2v) is 9.71. The van der Waals surface area contributed by atoms with Crippen molar-refractivity contribution in [1.29, 1.82) is 0 Å². The molecule has 0 spiro atoms. The van der Waals surface area contributed by atoms with Crippen LogP contribution in [0.2, 0.25) is 5.02 Å². The van der Waals surface area contributed by atoms with E-state index in [4.69, 9.17) is 21.1 Å². The van der Waals surface area contributed by atoms with Gasteiger partial charge in [0.25, 0.3) is 5.91 Å². The van der Waals surface area contributed by atoms with Crippen LogP contribution in [-0.4, -0.2) is 50.3 Å². The summed E-state index contributed by atoms with van der Waals surface area (Å²) in [6.07, 6.45) is -0.587. The molecule has 3 aromatic rings. The molecule has 0 saturated heterocycles. The minimum absolute atomic E-state index is 0.0281. The number of hydrogen-bond donors (Lipinski definition) is 1. The first-order valence-corrected chi connectivity index (χ1v) is 11.5. The number of fused-ring (bicyclic) bond motifs is 3. The first-order chi connectivity index (χ1) is 16.4. The predicted molar refractivity (Wildman–Crippen MR) is 127 cm³/mol. The van der Waals surface area contributed by atoms with Gasteiger partial charge in [-0.3, -0.25) is 4.79 Å². The van der Waals surface area contributed by atoms with Gasteiger partial charge in [0.15, 0.2) is 5.65 Å². The van der Waals surface area contributed by atoms with Crippen LogP contribution in [0.25, 0.3) is 5.65 Å². The van der Waals surface area contributed by atoms with E-state index in [1.54, 1.807) is 30.2 Å². The zero-order chi connectivity index (χ0) is 25.5. The van der Waals surface area contributed by atoms with Crippen LogP contribution in [-0.2, 0) is 17.8 Å². The Bertz CT molecular complexity index is 1320. The van der Waals surface area contributed by atoms with Crippen LogP contribution >= 0.6 is 11.6 Å². The van der Waals surface area contributed by atoms with E-state index in [9.17, 15) is 14.0 Å². The maximum atomic E-state index is 13.9. The van der Waals surface area contributed by atoms with E-state index in [2.05, 4.69) is 15.4 Å². The van der Waals surface area contributed by atoms with Crippen molar-refractivity contribution < 1.29 is 23.5 Å². The predicted octanol–water partition coefficient (Wildman–Crippen LogP) is 4.20. The number of hydrogen-bond acceptors (Lipinski definition) is 6. The molecule has 1 aliphatic heterocycles. The quantitative estimate of drug-likeness (QED) is 0.524. The van der Waals surface area contributed by atoms with Gasteiger partial charge in [0.2, 0.25) is 0 Å². The summed E-state index contributed by atoms with van der Waals surface area (Å²) in [5, 5.41) is 7.71. The number of alkyl carbamates (subject to hydrolysis) is 1. The Hall–Kier alpha value is -3.40. The van der Waals surface area contributed by atoms with Crippen LogP contribution in [0.15, 0.2) is 18.2 Å². The highest BCUT2D eigenvalue weighted by molar-refractivity contribution is 6.31. The molecule has 2 amide bonds. The van der Waals surface area contributed by atoms with Crippen LogP contribution in [0.5, 0.6) is 5.75 Å². The SMILES string of the molecule is Cc1nc2c3c(nn2c(C)c1Cl)CN(C(=O)c1ccc(F)cc1OCCNC(=O)OC(C)(C)C)C3. The van der Waals surface area contributed by atoms with Gasteiger partial charge in [0.1, 0.15) is 23.8 Å². The van der Waals surface area contributed by atoms with Gasteiger partial charge >= 0.3 is 6.09 Å². The second-order valence-electron chi connectivity index (χ2n) is 9.34. The topological polar surface area (TPSA) is 98.1 Å². The van der Waals surface area contributed by atoms with Crippen LogP contribution in [0.4, 0.5) is 9.18 Å². The number of rotatable bonds is 5. The lowest BCUT2D eigenvalue weighted by atomic mass is 10.1. The van der Waals surface area contributed by atoms with Crippen molar-refractivity contribution in [2.75, 3.05) is 13.2 Å². The smallest absolute Gasteiger partial charge is 0.407 e.